The zero-order chi connectivity index (χ0) is 13.1. The van der Waals surface area contributed by atoms with Crippen LogP contribution in [0.1, 0.15) is 0 Å². The second kappa shape index (κ2) is 5.34. The molecular formula is C3H3NO9S4. The van der Waals surface area contributed by atoms with Crippen LogP contribution in [-0.4, -0.2) is 30.6 Å². The Bertz CT molecular complexity index is 584. The van der Waals surface area contributed by atoms with Crippen LogP contribution in [0.2, 0.25) is 0 Å². The van der Waals surface area contributed by atoms with Crippen LogP contribution in [-0.2, 0) is 39.4 Å². The van der Waals surface area contributed by atoms with Crippen molar-refractivity contribution in [2.45, 2.75) is 0 Å². The van der Waals surface area contributed by atoms with E-state index in [9.17, 15) is 21.0 Å². The van der Waals surface area contributed by atoms with Gasteiger partial charge in [0.25, 0.3) is 5.19 Å². The Labute approximate surface area is 102 Å². The molecule has 0 aliphatic heterocycles. The van der Waals surface area contributed by atoms with Crippen molar-refractivity contribution >= 4 is 43.5 Å². The van der Waals surface area contributed by atoms with Gasteiger partial charge in [0.05, 0.1) is 0 Å². The molecule has 0 saturated heterocycles. The molecule has 0 fully saturated rings. The van der Waals surface area contributed by atoms with Gasteiger partial charge in [-0.05, 0) is 0 Å². The van der Waals surface area contributed by atoms with E-state index in [1.165, 1.54) is 11.6 Å². The van der Waals surface area contributed by atoms with Crippen LogP contribution in [0.5, 0.6) is 5.19 Å². The van der Waals surface area contributed by atoms with Gasteiger partial charge in [0, 0.05) is 11.6 Å². The molecule has 10 nitrogen and oxygen atoms in total. The summed E-state index contributed by atoms with van der Waals surface area (Å²) in [6.45, 7) is 0. The summed E-state index contributed by atoms with van der Waals surface area (Å²) in [5.41, 5.74) is 0. The Balaban J connectivity index is 2.77. The molecule has 0 aromatic carbocycles. The lowest BCUT2D eigenvalue weighted by atomic mass is 11.0. The summed E-state index contributed by atoms with van der Waals surface area (Å²) in [5, 5.41) is 0.962. The lowest BCUT2D eigenvalue weighted by Crippen LogP contribution is -2.20. The molecule has 17 heavy (non-hydrogen) atoms. The highest BCUT2D eigenvalue weighted by atomic mass is 32.3. The Hall–Kier alpha value is -0.640. The van der Waals surface area contributed by atoms with Crippen molar-refractivity contribution in [2.75, 3.05) is 0 Å². The van der Waals surface area contributed by atoms with Crippen molar-refractivity contribution in [3.05, 3.63) is 11.6 Å². The van der Waals surface area contributed by atoms with Gasteiger partial charge in [-0.3, -0.25) is 4.55 Å². The molecule has 1 N–H and O–H groups in total. The van der Waals surface area contributed by atoms with Crippen molar-refractivity contribution in [1.29, 1.82) is 0 Å². The standard InChI is InChI=1S/C3H3NO9S4/c5-15(6)12-17(9,10)13-16(7,8)11-3-4-1-2-14-3/h1-2H,(H,5,6). The highest BCUT2D eigenvalue weighted by Gasteiger charge is 2.28. The Kier molecular flexibility index (Phi) is 4.53. The fourth-order valence-electron chi connectivity index (χ4n) is 0.537. The van der Waals surface area contributed by atoms with Gasteiger partial charge in [0.15, 0.2) is 0 Å². The molecular weight excluding hydrogens is 322 g/mol. The minimum Gasteiger partial charge on any atom is -0.330 e. The van der Waals surface area contributed by atoms with Crippen molar-refractivity contribution in [3.63, 3.8) is 0 Å². The van der Waals surface area contributed by atoms with Crippen LogP contribution in [0.3, 0.4) is 0 Å². The third kappa shape index (κ3) is 5.48. The maximum Gasteiger partial charge on any atom is 0.467 e. The van der Waals surface area contributed by atoms with Gasteiger partial charge in [-0.25, -0.2) is 4.98 Å². The van der Waals surface area contributed by atoms with Crippen LogP contribution in [0.15, 0.2) is 11.6 Å². The first-order valence-corrected chi connectivity index (χ1v) is 7.89. The number of rotatable bonds is 6. The fourth-order valence-corrected chi connectivity index (χ4v) is 3.31. The van der Waals surface area contributed by atoms with Crippen molar-refractivity contribution in [2.24, 2.45) is 0 Å². The van der Waals surface area contributed by atoms with Crippen molar-refractivity contribution in [3.8, 4) is 5.19 Å². The average molecular weight is 325 g/mol. The number of hydrogen-bond acceptors (Lipinski definition) is 10. The lowest BCUT2D eigenvalue weighted by Gasteiger charge is -2.02. The second-order valence-corrected chi connectivity index (χ2v) is 6.23. The molecule has 0 spiro atoms. The molecule has 0 aliphatic carbocycles. The summed E-state index contributed by atoms with van der Waals surface area (Å²) >= 11 is -2.50. The third-order valence-corrected chi connectivity index (χ3v) is 4.47. The summed E-state index contributed by atoms with van der Waals surface area (Å²) in [5.74, 6) is 0. The highest BCUT2D eigenvalue weighted by Crippen LogP contribution is 2.17. The molecule has 0 aliphatic rings. The first kappa shape index (κ1) is 14.4. The third-order valence-electron chi connectivity index (χ3n) is 0.891. The second-order valence-electron chi connectivity index (χ2n) is 2.05. The Morgan fingerprint density at radius 1 is 1.29 bits per heavy atom. The molecule has 0 bridgehead atoms. The first-order valence-electron chi connectivity index (χ1n) is 3.31. The van der Waals surface area contributed by atoms with E-state index in [1.807, 2.05) is 0 Å². The van der Waals surface area contributed by atoms with E-state index >= 15 is 0 Å². The van der Waals surface area contributed by atoms with E-state index in [0.717, 1.165) is 11.3 Å². The minimum absolute atomic E-state index is 0.398. The molecule has 98 valence electrons. The van der Waals surface area contributed by atoms with Gasteiger partial charge < -0.3 is 4.18 Å². The smallest absolute Gasteiger partial charge is 0.330 e. The predicted octanol–water partition coefficient (Wildman–Crippen LogP) is -0.819. The highest BCUT2D eigenvalue weighted by molar-refractivity contribution is 7.99. The van der Waals surface area contributed by atoms with Crippen molar-refractivity contribution < 1.29 is 37.0 Å². The predicted molar refractivity (Wildman–Crippen MR) is 53.5 cm³/mol. The molecule has 0 saturated carbocycles. The summed E-state index contributed by atoms with van der Waals surface area (Å²) in [6, 6.07) is 0. The van der Waals surface area contributed by atoms with Gasteiger partial charge in [0.2, 0.25) is 0 Å². The Morgan fingerprint density at radius 2 is 1.94 bits per heavy atom. The van der Waals surface area contributed by atoms with Gasteiger partial charge >= 0.3 is 32.2 Å². The fraction of sp³-hybridized carbons (Fsp3) is 0. The van der Waals surface area contributed by atoms with Gasteiger partial charge in [-0.2, -0.15) is 21.0 Å². The van der Waals surface area contributed by atoms with Gasteiger partial charge in [-0.1, -0.05) is 15.0 Å². The van der Waals surface area contributed by atoms with Crippen LogP contribution in [0.25, 0.3) is 0 Å². The summed E-state index contributed by atoms with van der Waals surface area (Å²) in [4.78, 5) is 3.38. The van der Waals surface area contributed by atoms with E-state index in [0.29, 0.717) is 0 Å². The van der Waals surface area contributed by atoms with Crippen LogP contribution >= 0.6 is 11.3 Å². The maximum absolute atomic E-state index is 11.0. The number of nitrogens with zero attached hydrogens (tertiary/aromatic N) is 1. The minimum atomic E-state index is -5.23. The van der Waals surface area contributed by atoms with E-state index in [4.69, 9.17) is 4.55 Å². The maximum atomic E-state index is 11.0. The molecule has 0 amide bonds. The topological polar surface area (TPSA) is 146 Å². The zero-order valence-electron chi connectivity index (χ0n) is 7.45. The Morgan fingerprint density at radius 3 is 2.41 bits per heavy atom. The van der Waals surface area contributed by atoms with E-state index in [-0.39, 0.29) is 0 Å². The molecule has 1 heterocycles. The van der Waals surface area contributed by atoms with Crippen LogP contribution < -0.4 is 4.18 Å². The first-order chi connectivity index (χ1) is 7.70. The number of thiazole rings is 1. The molecule has 0 radical (unpaired) electrons. The van der Waals surface area contributed by atoms with Gasteiger partial charge in [-0.15, -0.1) is 3.63 Å². The largest absolute Gasteiger partial charge is 0.467 e. The van der Waals surface area contributed by atoms with Crippen molar-refractivity contribution in [1.82, 2.24) is 4.98 Å². The molecule has 1 atom stereocenters. The molecule has 1 aromatic rings. The number of hydrogen-bond donors (Lipinski definition) is 1. The van der Waals surface area contributed by atoms with E-state index < -0.39 is 37.4 Å². The molecule has 1 aromatic heterocycles. The zero-order valence-corrected chi connectivity index (χ0v) is 10.7. The SMILES string of the molecule is O=S(O)OS(=O)(=O)OS(=O)(=O)Oc1nccs1. The normalized spacial score (nSPS) is 14.4. The molecule has 14 heteroatoms. The van der Waals surface area contributed by atoms with E-state index in [2.05, 4.69) is 16.4 Å². The quantitative estimate of drug-likeness (QED) is 0.658. The summed E-state index contributed by atoms with van der Waals surface area (Å²) in [6.07, 6.45) is 1.20. The molecule has 1 unspecified atom stereocenters. The number of aromatic nitrogens is 1. The van der Waals surface area contributed by atoms with Crippen LogP contribution in [0.4, 0.5) is 0 Å². The summed E-state index contributed by atoms with van der Waals surface area (Å²) < 4.78 is 72.3. The van der Waals surface area contributed by atoms with Crippen LogP contribution in [0, 0.1) is 0 Å². The van der Waals surface area contributed by atoms with Gasteiger partial charge in [0.1, 0.15) is 0 Å². The monoisotopic (exact) mass is 325 g/mol. The average Bonchev–Trinajstić information content (AvgIpc) is 2.49. The van der Waals surface area contributed by atoms with E-state index in [1.54, 1.807) is 0 Å². The lowest BCUT2D eigenvalue weighted by molar-refractivity contribution is 0.347. The summed E-state index contributed by atoms with van der Waals surface area (Å²) in [7, 11) is -10.2. The molecule has 1 rings (SSSR count).